The molecule has 0 unspecified atom stereocenters. The van der Waals surface area contributed by atoms with Crippen LogP contribution in [0, 0.1) is 0 Å². The van der Waals surface area contributed by atoms with E-state index in [1.807, 2.05) is 19.9 Å². The molecule has 0 aliphatic carbocycles. The molecule has 0 saturated carbocycles. The van der Waals surface area contributed by atoms with E-state index in [2.05, 4.69) is 17.2 Å². The van der Waals surface area contributed by atoms with E-state index in [-0.39, 0.29) is 5.60 Å². The van der Waals surface area contributed by atoms with Crippen LogP contribution < -0.4 is 10.1 Å². The lowest BCUT2D eigenvalue weighted by atomic mass is 10.1. The third kappa shape index (κ3) is 6.07. The number of halogens is 1. The number of rotatable bonds is 9. The molecule has 0 radical (unpaired) electrons. The molecule has 114 valence electrons. The van der Waals surface area contributed by atoms with Gasteiger partial charge in [-0.25, -0.2) is 4.98 Å². The molecule has 0 bridgehead atoms. The standard InChI is InChI=1S/C15H25ClN2O2/c1-5-7-17-10-12-9-14(18-11-13(12)16)20-8-6-15(2,3)19-4/h9,11,17H,5-8,10H2,1-4H3. The fraction of sp³-hybridized carbons (Fsp3) is 0.667. The van der Waals surface area contributed by atoms with Gasteiger partial charge in [-0.15, -0.1) is 0 Å². The lowest BCUT2D eigenvalue weighted by Gasteiger charge is -2.22. The molecule has 0 spiro atoms. The highest BCUT2D eigenvalue weighted by molar-refractivity contribution is 6.31. The number of hydrogen-bond donors (Lipinski definition) is 1. The summed E-state index contributed by atoms with van der Waals surface area (Å²) < 4.78 is 11.0. The lowest BCUT2D eigenvalue weighted by Crippen LogP contribution is -2.25. The Morgan fingerprint density at radius 3 is 2.80 bits per heavy atom. The zero-order valence-electron chi connectivity index (χ0n) is 12.8. The summed E-state index contributed by atoms with van der Waals surface area (Å²) in [5.74, 6) is 0.606. The molecule has 0 aromatic carbocycles. The Kier molecular flexibility index (Phi) is 7.27. The van der Waals surface area contributed by atoms with Crippen LogP contribution in [-0.2, 0) is 11.3 Å². The first-order valence-corrected chi connectivity index (χ1v) is 7.39. The van der Waals surface area contributed by atoms with Crippen molar-refractivity contribution in [1.29, 1.82) is 0 Å². The van der Waals surface area contributed by atoms with E-state index in [1.54, 1.807) is 13.3 Å². The fourth-order valence-corrected chi connectivity index (χ4v) is 1.75. The molecule has 1 aromatic heterocycles. The van der Waals surface area contributed by atoms with Crippen LogP contribution in [0.3, 0.4) is 0 Å². The molecular formula is C15H25ClN2O2. The maximum absolute atomic E-state index is 6.13. The molecule has 1 N–H and O–H groups in total. The molecule has 1 rings (SSSR count). The van der Waals surface area contributed by atoms with E-state index in [0.717, 1.165) is 31.5 Å². The number of pyridine rings is 1. The van der Waals surface area contributed by atoms with E-state index in [1.165, 1.54) is 0 Å². The monoisotopic (exact) mass is 300 g/mol. The molecule has 1 heterocycles. The summed E-state index contributed by atoms with van der Waals surface area (Å²) in [7, 11) is 1.71. The molecular weight excluding hydrogens is 276 g/mol. The van der Waals surface area contributed by atoms with Gasteiger partial charge in [0.05, 0.1) is 17.2 Å². The highest BCUT2D eigenvalue weighted by Crippen LogP contribution is 2.20. The predicted molar refractivity (Wildman–Crippen MR) is 82.4 cm³/mol. The van der Waals surface area contributed by atoms with Crippen molar-refractivity contribution in [2.24, 2.45) is 0 Å². The van der Waals surface area contributed by atoms with Crippen molar-refractivity contribution >= 4 is 11.6 Å². The smallest absolute Gasteiger partial charge is 0.213 e. The highest BCUT2D eigenvalue weighted by Gasteiger charge is 2.16. The summed E-state index contributed by atoms with van der Waals surface area (Å²) in [6.45, 7) is 8.47. The zero-order chi connectivity index (χ0) is 15.0. The molecule has 1 aromatic rings. The average molecular weight is 301 g/mol. The van der Waals surface area contributed by atoms with Gasteiger partial charge in [-0.1, -0.05) is 18.5 Å². The lowest BCUT2D eigenvalue weighted by molar-refractivity contribution is 0.00508. The van der Waals surface area contributed by atoms with Gasteiger partial charge in [-0.2, -0.15) is 0 Å². The molecule has 5 heteroatoms. The van der Waals surface area contributed by atoms with E-state index in [0.29, 0.717) is 17.5 Å². The van der Waals surface area contributed by atoms with Crippen LogP contribution in [-0.4, -0.2) is 30.8 Å². The molecule has 20 heavy (non-hydrogen) atoms. The summed E-state index contributed by atoms with van der Waals surface area (Å²) in [4.78, 5) is 4.19. The van der Waals surface area contributed by atoms with E-state index < -0.39 is 0 Å². The minimum Gasteiger partial charge on any atom is -0.478 e. The van der Waals surface area contributed by atoms with Crippen molar-refractivity contribution in [2.45, 2.75) is 45.8 Å². The Labute approximate surface area is 126 Å². The van der Waals surface area contributed by atoms with Crippen molar-refractivity contribution in [1.82, 2.24) is 10.3 Å². The fourth-order valence-electron chi connectivity index (χ4n) is 1.58. The second-order valence-corrected chi connectivity index (χ2v) is 5.76. The van der Waals surface area contributed by atoms with Gasteiger partial charge in [0.2, 0.25) is 5.88 Å². The SMILES string of the molecule is CCCNCc1cc(OCCC(C)(C)OC)ncc1Cl. The summed E-state index contributed by atoms with van der Waals surface area (Å²) >= 11 is 6.13. The first-order chi connectivity index (χ1) is 9.48. The zero-order valence-corrected chi connectivity index (χ0v) is 13.6. The van der Waals surface area contributed by atoms with Gasteiger partial charge in [0.25, 0.3) is 0 Å². The molecule has 0 atom stereocenters. The van der Waals surface area contributed by atoms with Crippen molar-refractivity contribution in [3.8, 4) is 5.88 Å². The van der Waals surface area contributed by atoms with Gasteiger partial charge in [0, 0.05) is 32.3 Å². The van der Waals surface area contributed by atoms with Crippen molar-refractivity contribution < 1.29 is 9.47 Å². The van der Waals surface area contributed by atoms with Gasteiger partial charge in [0.15, 0.2) is 0 Å². The first-order valence-electron chi connectivity index (χ1n) is 7.01. The van der Waals surface area contributed by atoms with Gasteiger partial charge < -0.3 is 14.8 Å². The molecule has 0 aliphatic heterocycles. The van der Waals surface area contributed by atoms with Crippen LogP contribution in [0.15, 0.2) is 12.3 Å². The largest absolute Gasteiger partial charge is 0.478 e. The summed E-state index contributed by atoms with van der Waals surface area (Å²) in [5, 5.41) is 3.99. The second kappa shape index (κ2) is 8.45. The number of hydrogen-bond acceptors (Lipinski definition) is 4. The van der Waals surface area contributed by atoms with Gasteiger partial charge >= 0.3 is 0 Å². The van der Waals surface area contributed by atoms with Gasteiger partial charge in [-0.3, -0.25) is 0 Å². The van der Waals surface area contributed by atoms with Crippen LogP contribution in [0.4, 0.5) is 0 Å². The van der Waals surface area contributed by atoms with E-state index >= 15 is 0 Å². The Morgan fingerprint density at radius 1 is 1.40 bits per heavy atom. The van der Waals surface area contributed by atoms with Crippen LogP contribution in [0.1, 0.15) is 39.2 Å². The third-order valence-corrected chi connectivity index (χ3v) is 3.50. The number of ether oxygens (including phenoxy) is 2. The highest BCUT2D eigenvalue weighted by atomic mass is 35.5. The molecule has 0 aliphatic rings. The maximum Gasteiger partial charge on any atom is 0.213 e. The normalized spacial score (nSPS) is 11.7. The summed E-state index contributed by atoms with van der Waals surface area (Å²) in [5.41, 5.74) is 0.828. The van der Waals surface area contributed by atoms with Crippen LogP contribution in [0.25, 0.3) is 0 Å². The molecule has 4 nitrogen and oxygen atoms in total. The van der Waals surface area contributed by atoms with Crippen molar-refractivity contribution in [3.05, 3.63) is 22.8 Å². The number of nitrogens with one attached hydrogen (secondary N) is 1. The van der Waals surface area contributed by atoms with Gasteiger partial charge in [0.1, 0.15) is 0 Å². The van der Waals surface area contributed by atoms with Gasteiger partial charge in [-0.05, 0) is 32.4 Å². The van der Waals surface area contributed by atoms with Crippen LogP contribution in [0.2, 0.25) is 5.02 Å². The topological polar surface area (TPSA) is 43.4 Å². The molecule has 0 saturated heterocycles. The minimum atomic E-state index is -0.183. The maximum atomic E-state index is 6.13. The van der Waals surface area contributed by atoms with Crippen LogP contribution >= 0.6 is 11.6 Å². The number of aromatic nitrogens is 1. The predicted octanol–water partition coefficient (Wildman–Crippen LogP) is 3.43. The summed E-state index contributed by atoms with van der Waals surface area (Å²) in [6.07, 6.45) is 3.54. The Bertz CT molecular complexity index is 411. The van der Waals surface area contributed by atoms with Crippen molar-refractivity contribution in [2.75, 3.05) is 20.3 Å². The third-order valence-electron chi connectivity index (χ3n) is 3.16. The minimum absolute atomic E-state index is 0.183. The second-order valence-electron chi connectivity index (χ2n) is 5.35. The number of nitrogens with zero attached hydrogens (tertiary/aromatic N) is 1. The Balaban J connectivity index is 2.52. The average Bonchev–Trinajstić information content (AvgIpc) is 2.42. The molecule has 0 fully saturated rings. The van der Waals surface area contributed by atoms with Crippen molar-refractivity contribution in [3.63, 3.8) is 0 Å². The van der Waals surface area contributed by atoms with Crippen LogP contribution in [0.5, 0.6) is 5.88 Å². The Hall–Kier alpha value is -0.840. The Morgan fingerprint density at radius 2 is 2.15 bits per heavy atom. The quantitative estimate of drug-likeness (QED) is 0.710. The van der Waals surface area contributed by atoms with E-state index in [9.17, 15) is 0 Å². The first kappa shape index (κ1) is 17.2. The summed E-state index contributed by atoms with van der Waals surface area (Å²) in [6, 6.07) is 1.89. The number of methoxy groups -OCH3 is 1. The molecule has 0 amide bonds. The van der Waals surface area contributed by atoms with E-state index in [4.69, 9.17) is 21.1 Å².